The third-order valence-electron chi connectivity index (χ3n) is 1.41. The molecule has 1 nitrogen and oxygen atoms in total. The van der Waals surface area contributed by atoms with E-state index in [0.29, 0.717) is 0 Å². The minimum atomic E-state index is 0.924. The molecule has 0 amide bonds. The van der Waals surface area contributed by atoms with Crippen LogP contribution < -0.4 is 0 Å². The summed E-state index contributed by atoms with van der Waals surface area (Å²) in [6.07, 6.45) is 1.02. The first-order chi connectivity index (χ1) is 4.72. The SMILES string of the molecule is CCc1cc(=S)cc(C)[nH]1. The van der Waals surface area contributed by atoms with E-state index in [1.54, 1.807) is 0 Å². The van der Waals surface area contributed by atoms with Gasteiger partial charge in [-0.25, -0.2) is 0 Å². The molecule has 1 aromatic rings. The molecule has 0 unspecified atom stereocenters. The van der Waals surface area contributed by atoms with E-state index in [1.807, 2.05) is 19.1 Å². The van der Waals surface area contributed by atoms with Crippen molar-refractivity contribution in [2.75, 3.05) is 0 Å². The van der Waals surface area contributed by atoms with Crippen LogP contribution in [-0.4, -0.2) is 4.98 Å². The van der Waals surface area contributed by atoms with Crippen molar-refractivity contribution < 1.29 is 0 Å². The maximum Gasteiger partial charge on any atom is 0.0411 e. The highest BCUT2D eigenvalue weighted by molar-refractivity contribution is 7.71. The quantitative estimate of drug-likeness (QED) is 0.613. The standard InChI is InChI=1S/C8H11NS/c1-3-7-5-8(10)4-6(2)9-7/h4-5H,3H2,1-2H3,(H,9,10). The zero-order valence-electron chi connectivity index (χ0n) is 6.27. The van der Waals surface area contributed by atoms with E-state index in [2.05, 4.69) is 11.9 Å². The summed E-state index contributed by atoms with van der Waals surface area (Å²) in [5.74, 6) is 0. The first kappa shape index (κ1) is 7.48. The second-order valence-corrected chi connectivity index (χ2v) is 2.85. The van der Waals surface area contributed by atoms with E-state index in [1.165, 1.54) is 5.69 Å². The summed E-state index contributed by atoms with van der Waals surface area (Å²) in [6.45, 7) is 4.13. The lowest BCUT2D eigenvalue weighted by atomic mass is 10.3. The Morgan fingerprint density at radius 1 is 1.50 bits per heavy atom. The lowest BCUT2D eigenvalue weighted by molar-refractivity contribution is 1.00. The molecule has 1 N–H and O–H groups in total. The number of hydrogen-bond acceptors (Lipinski definition) is 1. The lowest BCUT2D eigenvalue weighted by Crippen LogP contribution is -1.88. The lowest BCUT2D eigenvalue weighted by Gasteiger charge is -1.98. The predicted octanol–water partition coefficient (Wildman–Crippen LogP) is 2.62. The van der Waals surface area contributed by atoms with Gasteiger partial charge in [-0.05, 0) is 25.5 Å². The number of aryl methyl sites for hydroxylation is 2. The number of nitrogens with one attached hydrogen (secondary N) is 1. The van der Waals surface area contributed by atoms with Crippen LogP contribution in [0.4, 0.5) is 0 Å². The van der Waals surface area contributed by atoms with Gasteiger partial charge in [0.1, 0.15) is 0 Å². The highest BCUT2D eigenvalue weighted by atomic mass is 32.1. The molecule has 54 valence electrons. The Hall–Kier alpha value is -0.630. The van der Waals surface area contributed by atoms with E-state index in [9.17, 15) is 0 Å². The van der Waals surface area contributed by atoms with Gasteiger partial charge in [0.15, 0.2) is 0 Å². The average molecular weight is 153 g/mol. The van der Waals surface area contributed by atoms with Gasteiger partial charge < -0.3 is 4.98 Å². The Labute approximate surface area is 66.1 Å². The van der Waals surface area contributed by atoms with Crippen molar-refractivity contribution in [2.24, 2.45) is 0 Å². The molecule has 0 aliphatic heterocycles. The molecule has 0 aliphatic carbocycles. The molecule has 0 saturated heterocycles. The van der Waals surface area contributed by atoms with Crippen molar-refractivity contribution in [3.63, 3.8) is 0 Å². The van der Waals surface area contributed by atoms with Crippen LogP contribution in [0.15, 0.2) is 12.1 Å². The first-order valence-corrected chi connectivity index (χ1v) is 3.83. The van der Waals surface area contributed by atoms with Crippen LogP contribution in [0.25, 0.3) is 0 Å². The molecule has 0 radical (unpaired) electrons. The van der Waals surface area contributed by atoms with E-state index >= 15 is 0 Å². The van der Waals surface area contributed by atoms with E-state index in [4.69, 9.17) is 12.2 Å². The van der Waals surface area contributed by atoms with Crippen molar-refractivity contribution in [2.45, 2.75) is 20.3 Å². The van der Waals surface area contributed by atoms with Crippen molar-refractivity contribution >= 4 is 12.2 Å². The van der Waals surface area contributed by atoms with Gasteiger partial charge in [-0.15, -0.1) is 0 Å². The second-order valence-electron chi connectivity index (χ2n) is 2.38. The molecule has 0 fully saturated rings. The normalized spacial score (nSPS) is 9.80. The van der Waals surface area contributed by atoms with Crippen LogP contribution in [0, 0.1) is 11.4 Å². The maximum absolute atomic E-state index is 5.03. The molecule has 0 spiro atoms. The van der Waals surface area contributed by atoms with Crippen molar-refractivity contribution in [1.29, 1.82) is 0 Å². The summed E-state index contributed by atoms with van der Waals surface area (Å²) in [6, 6.07) is 3.97. The number of rotatable bonds is 1. The molecular formula is C8H11NS. The third kappa shape index (κ3) is 1.67. The monoisotopic (exact) mass is 153 g/mol. The number of aromatic amines is 1. The molecular weight excluding hydrogens is 142 g/mol. The van der Waals surface area contributed by atoms with Gasteiger partial charge in [-0.1, -0.05) is 19.1 Å². The summed E-state index contributed by atoms with van der Waals surface area (Å²) in [5.41, 5.74) is 2.36. The van der Waals surface area contributed by atoms with Crippen LogP contribution >= 0.6 is 12.2 Å². The molecule has 1 heterocycles. The fourth-order valence-corrected chi connectivity index (χ4v) is 1.26. The van der Waals surface area contributed by atoms with Gasteiger partial charge in [0, 0.05) is 15.9 Å². The molecule has 2 heteroatoms. The van der Waals surface area contributed by atoms with Crippen LogP contribution in [0.3, 0.4) is 0 Å². The highest BCUT2D eigenvalue weighted by Gasteiger charge is 1.88. The molecule has 10 heavy (non-hydrogen) atoms. The van der Waals surface area contributed by atoms with Crippen LogP contribution in [0.2, 0.25) is 0 Å². The van der Waals surface area contributed by atoms with Gasteiger partial charge in [-0.2, -0.15) is 0 Å². The average Bonchev–Trinajstić information content (AvgIpc) is 1.85. The van der Waals surface area contributed by atoms with Crippen LogP contribution in [0.1, 0.15) is 18.3 Å². The van der Waals surface area contributed by atoms with Crippen LogP contribution in [0.5, 0.6) is 0 Å². The van der Waals surface area contributed by atoms with Crippen LogP contribution in [-0.2, 0) is 6.42 Å². The molecule has 0 atom stereocenters. The molecule has 0 aliphatic rings. The Morgan fingerprint density at radius 3 is 2.70 bits per heavy atom. The minimum absolute atomic E-state index is 0.924. The Balaban J connectivity index is 3.19. The zero-order chi connectivity index (χ0) is 7.56. The largest absolute Gasteiger partial charge is 0.362 e. The van der Waals surface area contributed by atoms with E-state index < -0.39 is 0 Å². The van der Waals surface area contributed by atoms with Gasteiger partial charge in [0.2, 0.25) is 0 Å². The zero-order valence-corrected chi connectivity index (χ0v) is 7.09. The number of H-pyrrole nitrogens is 1. The summed E-state index contributed by atoms with van der Waals surface area (Å²) in [7, 11) is 0. The Bertz CT molecular complexity index is 275. The smallest absolute Gasteiger partial charge is 0.0411 e. The summed E-state index contributed by atoms with van der Waals surface area (Å²) < 4.78 is 0.924. The molecule has 1 rings (SSSR count). The van der Waals surface area contributed by atoms with Gasteiger partial charge in [-0.3, -0.25) is 0 Å². The summed E-state index contributed by atoms with van der Waals surface area (Å²) in [4.78, 5) is 3.23. The summed E-state index contributed by atoms with van der Waals surface area (Å²) in [5, 5.41) is 0. The van der Waals surface area contributed by atoms with Crippen molar-refractivity contribution in [3.05, 3.63) is 28.0 Å². The van der Waals surface area contributed by atoms with Crippen molar-refractivity contribution in [3.8, 4) is 0 Å². The summed E-state index contributed by atoms with van der Waals surface area (Å²) >= 11 is 5.03. The van der Waals surface area contributed by atoms with Crippen molar-refractivity contribution in [1.82, 2.24) is 4.98 Å². The molecule has 0 saturated carbocycles. The fraction of sp³-hybridized carbons (Fsp3) is 0.375. The first-order valence-electron chi connectivity index (χ1n) is 3.42. The third-order valence-corrected chi connectivity index (χ3v) is 1.65. The maximum atomic E-state index is 5.03. The molecule has 0 bridgehead atoms. The fourth-order valence-electron chi connectivity index (χ4n) is 0.943. The molecule has 1 aromatic heterocycles. The van der Waals surface area contributed by atoms with E-state index in [0.717, 1.165) is 16.6 Å². The van der Waals surface area contributed by atoms with E-state index in [-0.39, 0.29) is 0 Å². The second kappa shape index (κ2) is 2.97. The number of pyridine rings is 1. The minimum Gasteiger partial charge on any atom is -0.362 e. The Kier molecular flexibility index (Phi) is 2.22. The molecule has 0 aromatic carbocycles. The van der Waals surface area contributed by atoms with Gasteiger partial charge >= 0.3 is 0 Å². The topological polar surface area (TPSA) is 15.8 Å². The highest BCUT2D eigenvalue weighted by Crippen LogP contribution is 2.00. The number of aromatic nitrogens is 1. The number of hydrogen-bond donors (Lipinski definition) is 1. The van der Waals surface area contributed by atoms with Gasteiger partial charge in [0.05, 0.1) is 0 Å². The predicted molar refractivity (Wildman–Crippen MR) is 45.7 cm³/mol. The Morgan fingerprint density at radius 2 is 2.20 bits per heavy atom. The van der Waals surface area contributed by atoms with Gasteiger partial charge in [0.25, 0.3) is 0 Å².